The number of rotatable bonds is 2. The molecule has 0 atom stereocenters. The van der Waals surface area contributed by atoms with E-state index in [2.05, 4.69) is 0 Å². The number of aryl methyl sites for hydroxylation is 1. The number of esters is 1. The molecule has 1 aromatic carbocycles. The minimum Gasteiger partial charge on any atom is -0.465 e. The average Bonchev–Trinajstić information content (AvgIpc) is 3.02. The largest absolute Gasteiger partial charge is 0.465 e. The van der Waals surface area contributed by atoms with Gasteiger partial charge in [-0.2, -0.15) is 0 Å². The normalized spacial score (nSPS) is 15.9. The van der Waals surface area contributed by atoms with Gasteiger partial charge in [-0.15, -0.1) is 0 Å². The van der Waals surface area contributed by atoms with E-state index in [4.69, 9.17) is 9.15 Å². The van der Waals surface area contributed by atoms with E-state index in [0.29, 0.717) is 23.3 Å². The summed E-state index contributed by atoms with van der Waals surface area (Å²) in [6.45, 7) is 0. The number of methoxy groups -OCH3 is 1. The third-order valence-electron chi connectivity index (χ3n) is 3.59. The van der Waals surface area contributed by atoms with Crippen LogP contribution in [0.5, 0.6) is 0 Å². The molecule has 0 aliphatic heterocycles. The molecule has 1 aliphatic carbocycles. The van der Waals surface area contributed by atoms with E-state index in [1.807, 2.05) is 6.07 Å². The fourth-order valence-electron chi connectivity index (χ4n) is 2.51. The molecule has 0 radical (unpaired) electrons. The zero-order chi connectivity index (χ0) is 14.8. The SMILES string of the molecule is COC(=O)c1ccc2c(c1)CC/C(=C/c1ccco1)C2=O. The van der Waals surface area contributed by atoms with Gasteiger partial charge in [0.15, 0.2) is 5.78 Å². The van der Waals surface area contributed by atoms with Crippen LogP contribution in [0.2, 0.25) is 0 Å². The Kier molecular flexibility index (Phi) is 3.44. The van der Waals surface area contributed by atoms with Gasteiger partial charge in [0.2, 0.25) is 0 Å². The maximum atomic E-state index is 12.5. The van der Waals surface area contributed by atoms with E-state index in [-0.39, 0.29) is 11.8 Å². The van der Waals surface area contributed by atoms with E-state index in [0.717, 1.165) is 17.6 Å². The lowest BCUT2D eigenvalue weighted by Crippen LogP contribution is -2.15. The van der Waals surface area contributed by atoms with E-state index >= 15 is 0 Å². The summed E-state index contributed by atoms with van der Waals surface area (Å²) in [7, 11) is 1.34. The summed E-state index contributed by atoms with van der Waals surface area (Å²) >= 11 is 0. The van der Waals surface area contributed by atoms with Gasteiger partial charge >= 0.3 is 5.97 Å². The molecule has 0 saturated carbocycles. The van der Waals surface area contributed by atoms with Crippen LogP contribution in [0.1, 0.15) is 38.5 Å². The number of furan rings is 1. The van der Waals surface area contributed by atoms with Crippen LogP contribution in [0.25, 0.3) is 6.08 Å². The van der Waals surface area contributed by atoms with Crippen molar-refractivity contribution in [3.05, 3.63) is 64.6 Å². The molecule has 0 spiro atoms. The van der Waals surface area contributed by atoms with Crippen molar-refractivity contribution in [2.75, 3.05) is 7.11 Å². The number of hydrogen-bond donors (Lipinski definition) is 0. The first kappa shape index (κ1) is 13.4. The van der Waals surface area contributed by atoms with Crippen LogP contribution >= 0.6 is 0 Å². The third-order valence-corrected chi connectivity index (χ3v) is 3.59. The average molecular weight is 282 g/mol. The summed E-state index contributed by atoms with van der Waals surface area (Å²) in [6, 6.07) is 8.66. The maximum absolute atomic E-state index is 12.5. The highest BCUT2D eigenvalue weighted by atomic mass is 16.5. The molecule has 0 bridgehead atoms. The molecule has 1 heterocycles. The number of Topliss-reactive ketones (excluding diaryl/α,β-unsaturated/α-hetero) is 1. The second-order valence-electron chi connectivity index (χ2n) is 4.88. The summed E-state index contributed by atoms with van der Waals surface area (Å²) < 4.78 is 9.95. The highest BCUT2D eigenvalue weighted by Gasteiger charge is 2.23. The van der Waals surface area contributed by atoms with Gasteiger partial charge in [0.25, 0.3) is 0 Å². The Hall–Kier alpha value is -2.62. The standard InChI is InChI=1S/C17H14O4/c1-20-17(19)13-6-7-15-11(9-13)4-5-12(16(15)18)10-14-3-2-8-21-14/h2-3,6-10H,4-5H2,1H3/b12-10-. The molecule has 0 fully saturated rings. The Morgan fingerprint density at radius 3 is 2.86 bits per heavy atom. The Morgan fingerprint density at radius 1 is 1.29 bits per heavy atom. The fraction of sp³-hybridized carbons (Fsp3) is 0.176. The molecular weight excluding hydrogens is 268 g/mol. The van der Waals surface area contributed by atoms with E-state index < -0.39 is 0 Å². The molecular formula is C17H14O4. The quantitative estimate of drug-likeness (QED) is 0.626. The van der Waals surface area contributed by atoms with Gasteiger partial charge in [0.05, 0.1) is 18.9 Å². The Balaban J connectivity index is 1.94. The first-order valence-electron chi connectivity index (χ1n) is 6.69. The van der Waals surface area contributed by atoms with Crippen LogP contribution in [0, 0.1) is 0 Å². The van der Waals surface area contributed by atoms with Crippen LogP contribution in [-0.2, 0) is 11.2 Å². The zero-order valence-electron chi connectivity index (χ0n) is 11.6. The Bertz CT molecular complexity index is 723. The van der Waals surface area contributed by atoms with Crippen molar-refractivity contribution in [2.45, 2.75) is 12.8 Å². The van der Waals surface area contributed by atoms with E-state index in [1.54, 1.807) is 36.6 Å². The number of allylic oxidation sites excluding steroid dienone is 1. The second-order valence-corrected chi connectivity index (χ2v) is 4.88. The third kappa shape index (κ3) is 2.52. The smallest absolute Gasteiger partial charge is 0.337 e. The topological polar surface area (TPSA) is 56.5 Å². The monoisotopic (exact) mass is 282 g/mol. The molecule has 3 rings (SSSR count). The summed E-state index contributed by atoms with van der Waals surface area (Å²) in [6.07, 6.45) is 4.71. The summed E-state index contributed by atoms with van der Waals surface area (Å²) in [5.74, 6) is 0.277. The Morgan fingerprint density at radius 2 is 2.14 bits per heavy atom. The molecule has 4 nitrogen and oxygen atoms in total. The van der Waals surface area contributed by atoms with E-state index in [1.165, 1.54) is 7.11 Å². The number of ether oxygens (including phenoxy) is 1. The number of carbonyl (C=O) groups excluding carboxylic acids is 2. The van der Waals surface area contributed by atoms with Gasteiger partial charge in [0, 0.05) is 11.1 Å². The van der Waals surface area contributed by atoms with Gasteiger partial charge in [-0.25, -0.2) is 4.79 Å². The van der Waals surface area contributed by atoms with Crippen LogP contribution in [-0.4, -0.2) is 18.9 Å². The summed E-state index contributed by atoms with van der Waals surface area (Å²) in [5, 5.41) is 0. The predicted molar refractivity (Wildman–Crippen MR) is 77.1 cm³/mol. The molecule has 1 aromatic heterocycles. The highest BCUT2D eigenvalue weighted by molar-refractivity contribution is 6.13. The van der Waals surface area contributed by atoms with E-state index in [9.17, 15) is 9.59 Å². The lowest BCUT2D eigenvalue weighted by molar-refractivity contribution is 0.0600. The molecule has 0 saturated heterocycles. The molecule has 4 heteroatoms. The number of hydrogen-bond acceptors (Lipinski definition) is 4. The van der Waals surface area contributed by atoms with Crippen LogP contribution < -0.4 is 0 Å². The van der Waals surface area contributed by atoms with Crippen molar-refractivity contribution in [3.8, 4) is 0 Å². The molecule has 21 heavy (non-hydrogen) atoms. The van der Waals surface area contributed by atoms with Crippen molar-refractivity contribution < 1.29 is 18.7 Å². The minimum atomic E-state index is -0.387. The molecule has 106 valence electrons. The highest BCUT2D eigenvalue weighted by Crippen LogP contribution is 2.27. The molecule has 2 aromatic rings. The van der Waals surface area contributed by atoms with Crippen molar-refractivity contribution in [3.63, 3.8) is 0 Å². The van der Waals surface area contributed by atoms with Crippen LogP contribution in [0.4, 0.5) is 0 Å². The first-order chi connectivity index (χ1) is 10.2. The minimum absolute atomic E-state index is 0.0101. The number of fused-ring (bicyclic) bond motifs is 1. The first-order valence-corrected chi connectivity index (χ1v) is 6.69. The van der Waals surface area contributed by atoms with Crippen molar-refractivity contribution in [1.29, 1.82) is 0 Å². The molecule has 0 N–H and O–H groups in total. The van der Waals surface area contributed by atoms with Crippen LogP contribution in [0.3, 0.4) is 0 Å². The van der Waals surface area contributed by atoms with Gasteiger partial charge in [-0.3, -0.25) is 4.79 Å². The number of carbonyl (C=O) groups is 2. The number of benzene rings is 1. The van der Waals surface area contributed by atoms with Crippen LogP contribution in [0.15, 0.2) is 46.6 Å². The second kappa shape index (κ2) is 5.40. The Labute approximate surface area is 122 Å². The van der Waals surface area contributed by atoms with Gasteiger partial charge in [-0.05, 0) is 54.8 Å². The summed E-state index contributed by atoms with van der Waals surface area (Å²) in [4.78, 5) is 24.0. The maximum Gasteiger partial charge on any atom is 0.337 e. The van der Waals surface area contributed by atoms with Crippen molar-refractivity contribution in [1.82, 2.24) is 0 Å². The van der Waals surface area contributed by atoms with Gasteiger partial charge < -0.3 is 9.15 Å². The molecule has 0 unspecified atom stereocenters. The predicted octanol–water partition coefficient (Wildman–Crippen LogP) is 3.28. The lowest BCUT2D eigenvalue weighted by atomic mass is 9.85. The number of ketones is 1. The molecule has 1 aliphatic rings. The summed E-state index contributed by atoms with van der Waals surface area (Å²) in [5.41, 5.74) is 2.73. The zero-order valence-corrected chi connectivity index (χ0v) is 11.6. The van der Waals surface area contributed by atoms with Crippen molar-refractivity contribution in [2.24, 2.45) is 0 Å². The lowest BCUT2D eigenvalue weighted by Gasteiger charge is -2.17. The fourth-order valence-corrected chi connectivity index (χ4v) is 2.51. The van der Waals surface area contributed by atoms with Gasteiger partial charge in [0.1, 0.15) is 5.76 Å². The van der Waals surface area contributed by atoms with Gasteiger partial charge in [-0.1, -0.05) is 0 Å². The van der Waals surface area contributed by atoms with Crippen molar-refractivity contribution >= 4 is 17.8 Å². The molecule has 0 amide bonds.